The quantitative estimate of drug-likeness (QED) is 0.578. The number of aliphatic hydroxyl groups is 2. The topological polar surface area (TPSA) is 108 Å². The number of nitrogens with zero attached hydrogens (tertiary/aromatic N) is 2. The van der Waals surface area contributed by atoms with Crippen LogP contribution in [0.15, 0.2) is 21.9 Å². The van der Waals surface area contributed by atoms with Gasteiger partial charge in [0, 0.05) is 18.7 Å². The molecule has 0 spiro atoms. The lowest BCUT2D eigenvalue weighted by Crippen LogP contribution is -2.52. The summed E-state index contributed by atoms with van der Waals surface area (Å²) in [5, 5.41) is 19.0. The second kappa shape index (κ2) is 4.89. The Bertz CT molecular complexity index is 566. The average Bonchev–Trinajstić information content (AvgIpc) is 2.67. The molecule has 1 aliphatic heterocycles. The van der Waals surface area contributed by atoms with E-state index in [1.165, 1.54) is 16.8 Å². The van der Waals surface area contributed by atoms with Crippen LogP contribution in [-0.2, 0) is 10.6 Å². The third kappa shape index (κ3) is 2.23. The van der Waals surface area contributed by atoms with Crippen LogP contribution in [0.1, 0.15) is 6.42 Å². The second-order valence-electron chi connectivity index (χ2n) is 4.73. The minimum atomic E-state index is -1.23. The predicted octanol–water partition coefficient (Wildman–Crippen LogP) is -2.15. The number of aromatic amines is 1. The van der Waals surface area contributed by atoms with Gasteiger partial charge in [0.1, 0.15) is 6.10 Å². The Morgan fingerprint density at radius 3 is 2.74 bits per heavy atom. The van der Waals surface area contributed by atoms with E-state index < -0.39 is 29.3 Å². The fraction of sp³-hybridized carbons (Fsp3) is 0.636. The zero-order valence-electron chi connectivity index (χ0n) is 10.7. The summed E-state index contributed by atoms with van der Waals surface area (Å²) in [7, 11) is 3.37. The first-order chi connectivity index (χ1) is 8.90. The summed E-state index contributed by atoms with van der Waals surface area (Å²) < 4.78 is 6.85. The highest BCUT2D eigenvalue weighted by atomic mass is 16.6. The van der Waals surface area contributed by atoms with Crippen molar-refractivity contribution in [2.45, 2.75) is 24.5 Å². The highest BCUT2D eigenvalue weighted by molar-refractivity contribution is 4.94. The smallest absolute Gasteiger partial charge is 0.331 e. The zero-order chi connectivity index (χ0) is 14.2. The first-order valence-corrected chi connectivity index (χ1v) is 5.87. The van der Waals surface area contributed by atoms with E-state index in [0.29, 0.717) is 0 Å². The molecule has 8 nitrogen and oxygen atoms in total. The number of rotatable bonds is 3. The van der Waals surface area contributed by atoms with Crippen LogP contribution in [0.5, 0.6) is 0 Å². The van der Waals surface area contributed by atoms with Gasteiger partial charge in [-0.3, -0.25) is 19.2 Å². The predicted molar refractivity (Wildman–Crippen MR) is 65.6 cm³/mol. The fourth-order valence-corrected chi connectivity index (χ4v) is 2.28. The summed E-state index contributed by atoms with van der Waals surface area (Å²) in [4.78, 5) is 26.8. The molecule has 3 atom stereocenters. The van der Waals surface area contributed by atoms with Gasteiger partial charge in [-0.05, 0) is 14.1 Å². The monoisotopic (exact) mass is 271 g/mol. The number of ether oxygens (including phenoxy) is 1. The highest BCUT2D eigenvalue weighted by Crippen LogP contribution is 2.35. The molecule has 0 aliphatic carbocycles. The molecule has 106 valence electrons. The molecule has 8 heteroatoms. The molecule has 1 saturated heterocycles. The summed E-state index contributed by atoms with van der Waals surface area (Å²) in [5.74, 6) is -1.23. The van der Waals surface area contributed by atoms with Gasteiger partial charge in [0.2, 0.25) is 5.85 Å². The molecule has 19 heavy (non-hydrogen) atoms. The molecule has 1 fully saturated rings. The van der Waals surface area contributed by atoms with Gasteiger partial charge in [-0.1, -0.05) is 0 Å². The molecule has 0 unspecified atom stereocenters. The third-order valence-electron chi connectivity index (χ3n) is 3.32. The van der Waals surface area contributed by atoms with Crippen molar-refractivity contribution in [3.05, 3.63) is 33.1 Å². The number of hydrogen-bond acceptors (Lipinski definition) is 6. The third-order valence-corrected chi connectivity index (χ3v) is 3.32. The normalized spacial score (nSPS) is 31.0. The number of aromatic nitrogens is 2. The maximum Gasteiger partial charge on any atom is 0.331 e. The Balaban J connectivity index is 2.53. The van der Waals surface area contributed by atoms with E-state index in [4.69, 9.17) is 9.84 Å². The van der Waals surface area contributed by atoms with Crippen molar-refractivity contribution >= 4 is 0 Å². The summed E-state index contributed by atoms with van der Waals surface area (Å²) in [5.41, 5.74) is -1.14. The molecule has 0 amide bonds. The minimum Gasteiger partial charge on any atom is -0.394 e. The van der Waals surface area contributed by atoms with Gasteiger partial charge in [-0.25, -0.2) is 4.79 Å². The van der Waals surface area contributed by atoms with Crippen molar-refractivity contribution in [1.29, 1.82) is 0 Å². The molecule has 2 rings (SSSR count). The minimum absolute atomic E-state index is 0.108. The standard InChI is InChI=1S/C11H17N3O5/c1-13(2)11(5-7(16)8(6-15)19-11)14-4-3-9(17)12-10(14)18/h3-4,7-8,15-16H,5-6H2,1-2H3,(H,12,17,18)/t7-,8+,11-/m0/s1. The molecule has 1 aromatic heterocycles. The fourth-order valence-electron chi connectivity index (χ4n) is 2.28. The summed E-state index contributed by atoms with van der Waals surface area (Å²) in [6.45, 7) is -0.352. The maximum atomic E-state index is 11.9. The Morgan fingerprint density at radius 1 is 1.58 bits per heavy atom. The molecule has 1 aliphatic rings. The van der Waals surface area contributed by atoms with E-state index in [2.05, 4.69) is 4.98 Å². The SMILES string of the molecule is CN(C)[C@]1(n2ccc(=O)[nH]c2=O)C[C@H](O)[C@@H](CO)O1. The van der Waals surface area contributed by atoms with Crippen LogP contribution in [0.3, 0.4) is 0 Å². The summed E-state index contributed by atoms with van der Waals surface area (Å²) >= 11 is 0. The van der Waals surface area contributed by atoms with Crippen LogP contribution in [0.2, 0.25) is 0 Å². The number of hydrogen-bond donors (Lipinski definition) is 3. The molecule has 0 saturated carbocycles. The lowest BCUT2D eigenvalue weighted by Gasteiger charge is -2.36. The van der Waals surface area contributed by atoms with Crippen molar-refractivity contribution in [1.82, 2.24) is 14.5 Å². The molecule has 0 aromatic carbocycles. The maximum absolute atomic E-state index is 11.9. The van der Waals surface area contributed by atoms with Crippen molar-refractivity contribution < 1.29 is 14.9 Å². The van der Waals surface area contributed by atoms with Gasteiger partial charge in [-0.15, -0.1) is 0 Å². The zero-order valence-corrected chi connectivity index (χ0v) is 10.7. The number of nitrogens with one attached hydrogen (secondary N) is 1. The van der Waals surface area contributed by atoms with Crippen LogP contribution in [0.25, 0.3) is 0 Å². The summed E-state index contributed by atoms with van der Waals surface area (Å²) in [6.07, 6.45) is -0.252. The lowest BCUT2D eigenvalue weighted by molar-refractivity contribution is -0.197. The van der Waals surface area contributed by atoms with E-state index in [-0.39, 0.29) is 13.0 Å². The largest absolute Gasteiger partial charge is 0.394 e. The Labute approximate surface area is 108 Å². The van der Waals surface area contributed by atoms with Gasteiger partial charge in [-0.2, -0.15) is 0 Å². The second-order valence-corrected chi connectivity index (χ2v) is 4.73. The summed E-state index contributed by atoms with van der Waals surface area (Å²) in [6, 6.07) is 1.20. The Kier molecular flexibility index (Phi) is 3.59. The number of aliphatic hydroxyl groups excluding tert-OH is 2. The van der Waals surface area contributed by atoms with Gasteiger partial charge < -0.3 is 14.9 Å². The molecule has 0 bridgehead atoms. The first-order valence-electron chi connectivity index (χ1n) is 5.87. The molecule has 1 aromatic rings. The van der Waals surface area contributed by atoms with Crippen LogP contribution in [0, 0.1) is 0 Å². The van der Waals surface area contributed by atoms with Gasteiger partial charge in [0.05, 0.1) is 12.7 Å². The van der Waals surface area contributed by atoms with E-state index >= 15 is 0 Å². The Morgan fingerprint density at radius 2 is 2.26 bits per heavy atom. The van der Waals surface area contributed by atoms with Crippen molar-refractivity contribution in [3.8, 4) is 0 Å². The van der Waals surface area contributed by atoms with E-state index in [1.807, 2.05) is 0 Å². The first kappa shape index (κ1) is 13.9. The van der Waals surface area contributed by atoms with Crippen LogP contribution >= 0.6 is 0 Å². The molecule has 0 radical (unpaired) electrons. The van der Waals surface area contributed by atoms with Gasteiger partial charge in [0.15, 0.2) is 0 Å². The van der Waals surface area contributed by atoms with Crippen molar-refractivity contribution in [2.24, 2.45) is 0 Å². The van der Waals surface area contributed by atoms with Crippen LogP contribution in [-0.4, -0.2) is 57.6 Å². The lowest BCUT2D eigenvalue weighted by atomic mass is 10.1. The molecule has 2 heterocycles. The van der Waals surface area contributed by atoms with E-state index in [9.17, 15) is 14.7 Å². The molecular weight excluding hydrogens is 254 g/mol. The van der Waals surface area contributed by atoms with Crippen LogP contribution in [0.4, 0.5) is 0 Å². The highest BCUT2D eigenvalue weighted by Gasteiger charge is 2.49. The van der Waals surface area contributed by atoms with Gasteiger partial charge in [0.25, 0.3) is 5.56 Å². The van der Waals surface area contributed by atoms with E-state index in [0.717, 1.165) is 0 Å². The van der Waals surface area contributed by atoms with Crippen molar-refractivity contribution in [2.75, 3.05) is 20.7 Å². The van der Waals surface area contributed by atoms with E-state index in [1.54, 1.807) is 19.0 Å². The van der Waals surface area contributed by atoms with Crippen LogP contribution < -0.4 is 11.2 Å². The average molecular weight is 271 g/mol. The van der Waals surface area contributed by atoms with Crippen molar-refractivity contribution in [3.63, 3.8) is 0 Å². The molecule has 3 N–H and O–H groups in total. The number of H-pyrrole nitrogens is 1. The van der Waals surface area contributed by atoms with Gasteiger partial charge >= 0.3 is 5.69 Å². The molecular formula is C11H17N3O5. The Hall–Kier alpha value is -1.48.